The molecule has 1 heterocycles. The standard InChI is InChI=1S/C13H14N2S/c1-10-5-6-11(14)8-13(10)16-9-12-4-2-3-7-15-12/h2-8H,9,14H2,1H3. The average molecular weight is 230 g/mol. The van der Waals surface area contributed by atoms with Crippen molar-refractivity contribution in [2.45, 2.75) is 17.6 Å². The zero-order valence-electron chi connectivity index (χ0n) is 9.18. The number of nitrogens with two attached hydrogens (primary N) is 1. The predicted molar refractivity (Wildman–Crippen MR) is 69.4 cm³/mol. The Morgan fingerprint density at radius 1 is 1.25 bits per heavy atom. The maximum atomic E-state index is 5.77. The largest absolute Gasteiger partial charge is 0.399 e. The number of nitrogens with zero attached hydrogens (tertiary/aromatic N) is 1. The lowest BCUT2D eigenvalue weighted by Crippen LogP contribution is -1.89. The average Bonchev–Trinajstić information content (AvgIpc) is 2.32. The predicted octanol–water partition coefficient (Wildman–Crippen LogP) is 3.26. The Balaban J connectivity index is 2.08. The zero-order chi connectivity index (χ0) is 11.4. The third kappa shape index (κ3) is 2.76. The van der Waals surface area contributed by atoms with Crippen LogP contribution < -0.4 is 5.73 Å². The van der Waals surface area contributed by atoms with Crippen molar-refractivity contribution in [3.05, 3.63) is 53.9 Å². The van der Waals surface area contributed by atoms with Crippen molar-refractivity contribution in [2.75, 3.05) is 5.73 Å². The minimum absolute atomic E-state index is 0.814. The van der Waals surface area contributed by atoms with Crippen LogP contribution in [0.1, 0.15) is 11.3 Å². The van der Waals surface area contributed by atoms with E-state index in [1.807, 2.05) is 36.5 Å². The fourth-order valence-corrected chi connectivity index (χ4v) is 2.40. The molecule has 1 aromatic heterocycles. The quantitative estimate of drug-likeness (QED) is 0.649. The molecule has 0 bridgehead atoms. The molecule has 2 aromatic rings. The Morgan fingerprint density at radius 2 is 2.12 bits per heavy atom. The first kappa shape index (κ1) is 11.0. The zero-order valence-corrected chi connectivity index (χ0v) is 10.00. The third-order valence-corrected chi connectivity index (χ3v) is 3.50. The SMILES string of the molecule is Cc1ccc(N)cc1SCc1ccccn1. The number of nitrogen functional groups attached to an aromatic ring is 1. The summed E-state index contributed by atoms with van der Waals surface area (Å²) in [7, 11) is 0. The number of thioether (sulfide) groups is 1. The van der Waals surface area contributed by atoms with Gasteiger partial charge in [0.25, 0.3) is 0 Å². The van der Waals surface area contributed by atoms with Gasteiger partial charge in [0.15, 0.2) is 0 Å². The van der Waals surface area contributed by atoms with Crippen molar-refractivity contribution < 1.29 is 0 Å². The molecule has 0 saturated heterocycles. The van der Waals surface area contributed by atoms with E-state index < -0.39 is 0 Å². The molecular formula is C13H14N2S. The van der Waals surface area contributed by atoms with Crippen LogP contribution in [0.4, 0.5) is 5.69 Å². The first-order chi connectivity index (χ1) is 7.75. The highest BCUT2D eigenvalue weighted by Crippen LogP contribution is 2.27. The molecule has 1 aromatic carbocycles. The monoisotopic (exact) mass is 230 g/mol. The number of benzene rings is 1. The highest BCUT2D eigenvalue weighted by atomic mass is 32.2. The fourth-order valence-electron chi connectivity index (χ4n) is 1.41. The number of rotatable bonds is 3. The summed E-state index contributed by atoms with van der Waals surface area (Å²) < 4.78 is 0. The Morgan fingerprint density at radius 3 is 2.88 bits per heavy atom. The number of pyridine rings is 1. The molecule has 0 radical (unpaired) electrons. The van der Waals surface area contributed by atoms with Crippen LogP contribution in [0.25, 0.3) is 0 Å². The molecule has 0 amide bonds. The molecule has 0 fully saturated rings. The lowest BCUT2D eigenvalue weighted by molar-refractivity contribution is 1.17. The summed E-state index contributed by atoms with van der Waals surface area (Å²) in [6, 6.07) is 12.0. The summed E-state index contributed by atoms with van der Waals surface area (Å²) in [5.41, 5.74) is 8.93. The number of anilines is 1. The molecule has 0 spiro atoms. The van der Waals surface area contributed by atoms with E-state index in [2.05, 4.69) is 18.0 Å². The lowest BCUT2D eigenvalue weighted by Gasteiger charge is -2.06. The summed E-state index contributed by atoms with van der Waals surface area (Å²) in [6.45, 7) is 2.10. The van der Waals surface area contributed by atoms with E-state index in [1.165, 1.54) is 10.5 Å². The van der Waals surface area contributed by atoms with Gasteiger partial charge in [-0.25, -0.2) is 0 Å². The van der Waals surface area contributed by atoms with Gasteiger partial charge in [-0.3, -0.25) is 4.98 Å². The first-order valence-electron chi connectivity index (χ1n) is 5.14. The van der Waals surface area contributed by atoms with E-state index in [1.54, 1.807) is 11.8 Å². The molecule has 0 atom stereocenters. The Hall–Kier alpha value is -1.48. The van der Waals surface area contributed by atoms with E-state index >= 15 is 0 Å². The molecule has 2 N–H and O–H groups in total. The maximum absolute atomic E-state index is 5.77. The van der Waals surface area contributed by atoms with Crippen LogP contribution in [0.15, 0.2) is 47.5 Å². The number of aryl methyl sites for hydroxylation is 1. The van der Waals surface area contributed by atoms with E-state index in [4.69, 9.17) is 5.73 Å². The molecule has 16 heavy (non-hydrogen) atoms. The highest BCUT2D eigenvalue weighted by Gasteiger charge is 2.01. The highest BCUT2D eigenvalue weighted by molar-refractivity contribution is 7.98. The Labute approximate surface area is 99.9 Å². The maximum Gasteiger partial charge on any atom is 0.0506 e. The molecule has 2 rings (SSSR count). The smallest absolute Gasteiger partial charge is 0.0506 e. The molecule has 2 nitrogen and oxygen atoms in total. The topological polar surface area (TPSA) is 38.9 Å². The van der Waals surface area contributed by atoms with Crippen LogP contribution >= 0.6 is 11.8 Å². The van der Waals surface area contributed by atoms with Crippen molar-refractivity contribution >= 4 is 17.4 Å². The van der Waals surface area contributed by atoms with Crippen molar-refractivity contribution in [1.29, 1.82) is 0 Å². The van der Waals surface area contributed by atoms with Crippen LogP contribution in [-0.4, -0.2) is 4.98 Å². The number of aromatic nitrogens is 1. The van der Waals surface area contributed by atoms with Crippen LogP contribution in [0.5, 0.6) is 0 Å². The Bertz CT molecular complexity index is 469. The van der Waals surface area contributed by atoms with Crippen molar-refractivity contribution in [3.63, 3.8) is 0 Å². The van der Waals surface area contributed by atoms with Gasteiger partial charge in [-0.1, -0.05) is 12.1 Å². The minimum Gasteiger partial charge on any atom is -0.399 e. The van der Waals surface area contributed by atoms with Gasteiger partial charge < -0.3 is 5.73 Å². The van der Waals surface area contributed by atoms with E-state index in [-0.39, 0.29) is 0 Å². The first-order valence-corrected chi connectivity index (χ1v) is 6.13. The molecule has 3 heteroatoms. The third-order valence-electron chi connectivity index (χ3n) is 2.31. The van der Waals surface area contributed by atoms with Gasteiger partial charge in [0.2, 0.25) is 0 Å². The van der Waals surface area contributed by atoms with Gasteiger partial charge in [-0.05, 0) is 36.8 Å². The van der Waals surface area contributed by atoms with Crippen LogP contribution in [0.2, 0.25) is 0 Å². The fraction of sp³-hybridized carbons (Fsp3) is 0.154. The van der Waals surface area contributed by atoms with Crippen LogP contribution in [-0.2, 0) is 5.75 Å². The molecule has 82 valence electrons. The molecule has 0 aliphatic carbocycles. The number of hydrogen-bond acceptors (Lipinski definition) is 3. The second-order valence-electron chi connectivity index (χ2n) is 3.63. The van der Waals surface area contributed by atoms with E-state index in [0.717, 1.165) is 17.1 Å². The normalized spacial score (nSPS) is 10.3. The van der Waals surface area contributed by atoms with E-state index in [0.29, 0.717) is 0 Å². The molecular weight excluding hydrogens is 216 g/mol. The van der Waals surface area contributed by atoms with Gasteiger partial charge in [0.1, 0.15) is 0 Å². The second-order valence-corrected chi connectivity index (χ2v) is 4.65. The second kappa shape index (κ2) is 5.03. The van der Waals surface area contributed by atoms with Gasteiger partial charge in [-0.15, -0.1) is 11.8 Å². The lowest BCUT2D eigenvalue weighted by atomic mass is 10.2. The van der Waals surface area contributed by atoms with Crippen molar-refractivity contribution in [2.24, 2.45) is 0 Å². The van der Waals surface area contributed by atoms with Gasteiger partial charge in [0, 0.05) is 22.5 Å². The van der Waals surface area contributed by atoms with Crippen molar-refractivity contribution in [3.8, 4) is 0 Å². The van der Waals surface area contributed by atoms with Gasteiger partial charge in [-0.2, -0.15) is 0 Å². The van der Waals surface area contributed by atoms with Gasteiger partial charge >= 0.3 is 0 Å². The summed E-state index contributed by atoms with van der Waals surface area (Å²) in [6.07, 6.45) is 1.82. The number of hydrogen-bond donors (Lipinski definition) is 1. The van der Waals surface area contributed by atoms with Crippen molar-refractivity contribution in [1.82, 2.24) is 4.98 Å². The van der Waals surface area contributed by atoms with Gasteiger partial charge in [0.05, 0.1) is 5.69 Å². The summed E-state index contributed by atoms with van der Waals surface area (Å²) in [5.74, 6) is 0.880. The molecule has 0 saturated carbocycles. The molecule has 0 aliphatic rings. The summed E-state index contributed by atoms with van der Waals surface area (Å²) >= 11 is 1.77. The molecule has 0 aliphatic heterocycles. The summed E-state index contributed by atoms with van der Waals surface area (Å²) in [4.78, 5) is 5.52. The van der Waals surface area contributed by atoms with Crippen LogP contribution in [0.3, 0.4) is 0 Å². The Kier molecular flexibility index (Phi) is 3.47. The van der Waals surface area contributed by atoms with Crippen LogP contribution in [0, 0.1) is 6.92 Å². The minimum atomic E-state index is 0.814. The van der Waals surface area contributed by atoms with E-state index in [9.17, 15) is 0 Å². The molecule has 0 unspecified atom stereocenters. The summed E-state index contributed by atoms with van der Waals surface area (Å²) in [5, 5.41) is 0.